The van der Waals surface area contributed by atoms with Crippen molar-refractivity contribution in [2.75, 3.05) is 26.8 Å². The topological polar surface area (TPSA) is 118 Å². The molecule has 1 heterocycles. The summed E-state index contributed by atoms with van der Waals surface area (Å²) in [5, 5.41) is 11.8. The standard InChI is InChI=1S/C12H20N4O4S/c1-3-20-7-6-16(2)12(17)10-11(21(13,18)19)9(14-15-10)8-4-5-8/h8H,3-7H2,1-2H3,(H,14,15)(H2,13,18,19). The normalized spacial score (nSPS) is 15.2. The SMILES string of the molecule is CCOCCN(C)C(=O)c1n[nH]c(C2CC2)c1S(N)(=O)=O. The number of ether oxygens (including phenoxy) is 1. The molecule has 21 heavy (non-hydrogen) atoms. The molecule has 0 atom stereocenters. The van der Waals surface area contributed by atoms with E-state index in [2.05, 4.69) is 10.2 Å². The molecule has 118 valence electrons. The van der Waals surface area contributed by atoms with Crippen LogP contribution >= 0.6 is 0 Å². The van der Waals surface area contributed by atoms with Crippen LogP contribution in [0.1, 0.15) is 41.9 Å². The van der Waals surface area contributed by atoms with Gasteiger partial charge in [0.05, 0.1) is 12.3 Å². The smallest absolute Gasteiger partial charge is 0.275 e. The number of primary sulfonamides is 1. The number of H-pyrrole nitrogens is 1. The molecule has 0 radical (unpaired) electrons. The lowest BCUT2D eigenvalue weighted by molar-refractivity contribution is 0.0701. The number of nitrogens with zero attached hydrogens (tertiary/aromatic N) is 2. The van der Waals surface area contributed by atoms with Crippen molar-refractivity contribution in [2.24, 2.45) is 5.14 Å². The lowest BCUT2D eigenvalue weighted by Crippen LogP contribution is -2.32. The molecule has 0 saturated heterocycles. The summed E-state index contributed by atoms with van der Waals surface area (Å²) in [6, 6.07) is 0. The third-order valence-electron chi connectivity index (χ3n) is 3.34. The second kappa shape index (κ2) is 6.12. The van der Waals surface area contributed by atoms with Gasteiger partial charge in [-0.05, 0) is 19.8 Å². The van der Waals surface area contributed by atoms with Crippen molar-refractivity contribution < 1.29 is 17.9 Å². The van der Waals surface area contributed by atoms with Gasteiger partial charge in [0.1, 0.15) is 4.90 Å². The van der Waals surface area contributed by atoms with Crippen molar-refractivity contribution in [3.05, 3.63) is 11.4 Å². The maximum atomic E-state index is 12.3. The van der Waals surface area contributed by atoms with Crippen molar-refractivity contribution >= 4 is 15.9 Å². The van der Waals surface area contributed by atoms with Crippen LogP contribution in [0.4, 0.5) is 0 Å². The summed E-state index contributed by atoms with van der Waals surface area (Å²) in [6.07, 6.45) is 1.75. The number of aromatic nitrogens is 2. The van der Waals surface area contributed by atoms with E-state index in [9.17, 15) is 13.2 Å². The number of aromatic amines is 1. The van der Waals surface area contributed by atoms with Gasteiger partial charge in [-0.15, -0.1) is 0 Å². The highest BCUT2D eigenvalue weighted by Crippen LogP contribution is 2.42. The minimum Gasteiger partial charge on any atom is -0.380 e. The molecule has 9 heteroatoms. The molecule has 0 aromatic carbocycles. The quantitative estimate of drug-likeness (QED) is 0.689. The second-order valence-corrected chi connectivity index (χ2v) is 6.56. The van der Waals surface area contributed by atoms with Gasteiger partial charge in [0.25, 0.3) is 5.91 Å². The highest BCUT2D eigenvalue weighted by atomic mass is 32.2. The van der Waals surface area contributed by atoms with Crippen molar-refractivity contribution in [3.63, 3.8) is 0 Å². The lowest BCUT2D eigenvalue weighted by Gasteiger charge is -2.16. The van der Waals surface area contributed by atoms with Gasteiger partial charge < -0.3 is 9.64 Å². The fraction of sp³-hybridized carbons (Fsp3) is 0.667. The van der Waals surface area contributed by atoms with Crippen LogP contribution in [0.25, 0.3) is 0 Å². The van der Waals surface area contributed by atoms with E-state index in [-0.39, 0.29) is 16.5 Å². The molecule has 3 N–H and O–H groups in total. The third-order valence-corrected chi connectivity index (χ3v) is 4.32. The fourth-order valence-electron chi connectivity index (χ4n) is 2.06. The summed E-state index contributed by atoms with van der Waals surface area (Å²) in [6.45, 7) is 3.14. The van der Waals surface area contributed by atoms with Crippen LogP contribution in [0.2, 0.25) is 0 Å². The van der Waals surface area contributed by atoms with Crippen LogP contribution in [-0.4, -0.2) is 56.2 Å². The molecule has 0 aliphatic heterocycles. The first-order valence-corrected chi connectivity index (χ1v) is 8.35. The number of carbonyl (C=O) groups is 1. The molecule has 2 rings (SSSR count). The van der Waals surface area contributed by atoms with E-state index in [0.29, 0.717) is 25.5 Å². The van der Waals surface area contributed by atoms with Gasteiger partial charge in [0.15, 0.2) is 5.69 Å². The van der Waals surface area contributed by atoms with E-state index >= 15 is 0 Å². The Kier molecular flexibility index (Phi) is 4.64. The Bertz CT molecular complexity index is 621. The van der Waals surface area contributed by atoms with Crippen LogP contribution in [0.5, 0.6) is 0 Å². The Morgan fingerprint density at radius 1 is 1.52 bits per heavy atom. The Balaban J connectivity index is 2.25. The number of likely N-dealkylation sites (N-methyl/N-ethyl adjacent to an activating group) is 1. The molecule has 0 bridgehead atoms. The zero-order valence-corrected chi connectivity index (χ0v) is 12.9. The van der Waals surface area contributed by atoms with E-state index in [1.165, 1.54) is 4.90 Å². The van der Waals surface area contributed by atoms with Crippen molar-refractivity contribution in [3.8, 4) is 0 Å². The molecule has 1 fully saturated rings. The zero-order valence-electron chi connectivity index (χ0n) is 12.1. The largest absolute Gasteiger partial charge is 0.380 e. The minimum absolute atomic E-state index is 0.0982. The first-order chi connectivity index (χ1) is 9.86. The Hall–Kier alpha value is -1.45. The number of carbonyl (C=O) groups excluding carboxylic acids is 1. The van der Waals surface area contributed by atoms with E-state index < -0.39 is 15.9 Å². The molecule has 1 amide bonds. The maximum Gasteiger partial charge on any atom is 0.275 e. The molecule has 0 spiro atoms. The predicted molar refractivity (Wildman–Crippen MR) is 75.4 cm³/mol. The summed E-state index contributed by atoms with van der Waals surface area (Å²) in [7, 11) is -2.43. The summed E-state index contributed by atoms with van der Waals surface area (Å²) in [4.78, 5) is 13.5. The average molecular weight is 316 g/mol. The summed E-state index contributed by atoms with van der Waals surface area (Å²) in [5.74, 6) is -0.386. The van der Waals surface area contributed by atoms with Crippen LogP contribution in [0.3, 0.4) is 0 Å². The van der Waals surface area contributed by atoms with Crippen LogP contribution < -0.4 is 5.14 Å². The minimum atomic E-state index is -4.00. The molecule has 1 aromatic heterocycles. The van der Waals surface area contributed by atoms with Gasteiger partial charge >= 0.3 is 0 Å². The number of rotatable bonds is 7. The number of amides is 1. The molecule has 1 aliphatic rings. The summed E-state index contributed by atoms with van der Waals surface area (Å²) >= 11 is 0. The molecular weight excluding hydrogens is 296 g/mol. The van der Waals surface area contributed by atoms with Crippen molar-refractivity contribution in [1.29, 1.82) is 0 Å². The monoisotopic (exact) mass is 316 g/mol. The van der Waals surface area contributed by atoms with Gasteiger partial charge in [-0.2, -0.15) is 5.10 Å². The van der Waals surface area contributed by atoms with Crippen molar-refractivity contribution in [1.82, 2.24) is 15.1 Å². The Labute approximate surface area is 123 Å². The predicted octanol–water partition coefficient (Wildman–Crippen LogP) is 0.0430. The van der Waals surface area contributed by atoms with Crippen molar-refractivity contribution in [2.45, 2.75) is 30.6 Å². The van der Waals surface area contributed by atoms with Gasteiger partial charge in [-0.3, -0.25) is 9.89 Å². The summed E-state index contributed by atoms with van der Waals surface area (Å²) in [5.41, 5.74) is 0.303. The molecule has 1 aromatic rings. The molecule has 8 nitrogen and oxygen atoms in total. The molecule has 1 saturated carbocycles. The maximum absolute atomic E-state index is 12.3. The van der Waals surface area contributed by atoms with E-state index in [1.54, 1.807) is 7.05 Å². The Morgan fingerprint density at radius 3 is 2.71 bits per heavy atom. The molecule has 0 unspecified atom stereocenters. The first kappa shape index (κ1) is 15.9. The lowest BCUT2D eigenvalue weighted by atomic mass is 10.2. The van der Waals surface area contributed by atoms with Gasteiger partial charge in [-0.25, -0.2) is 13.6 Å². The number of nitrogens with two attached hydrogens (primary N) is 1. The number of nitrogens with one attached hydrogen (secondary N) is 1. The number of hydrogen-bond donors (Lipinski definition) is 2. The van der Waals surface area contributed by atoms with Gasteiger partial charge in [0, 0.05) is 26.1 Å². The highest BCUT2D eigenvalue weighted by Gasteiger charge is 2.36. The highest BCUT2D eigenvalue weighted by molar-refractivity contribution is 7.89. The van der Waals surface area contributed by atoms with E-state index in [4.69, 9.17) is 9.88 Å². The van der Waals surface area contributed by atoms with Gasteiger partial charge in [-0.1, -0.05) is 0 Å². The van der Waals surface area contributed by atoms with E-state index in [1.807, 2.05) is 6.92 Å². The average Bonchev–Trinajstić information content (AvgIpc) is 3.15. The third kappa shape index (κ3) is 3.60. The number of sulfonamides is 1. The molecule has 1 aliphatic carbocycles. The van der Waals surface area contributed by atoms with Crippen LogP contribution in [0, 0.1) is 0 Å². The Morgan fingerprint density at radius 2 is 2.19 bits per heavy atom. The fourth-order valence-corrected chi connectivity index (χ4v) is 2.98. The first-order valence-electron chi connectivity index (χ1n) is 6.80. The van der Waals surface area contributed by atoms with E-state index in [0.717, 1.165) is 12.8 Å². The zero-order chi connectivity index (χ0) is 15.6. The van der Waals surface area contributed by atoms with Gasteiger partial charge in [0.2, 0.25) is 10.0 Å². The summed E-state index contributed by atoms with van der Waals surface area (Å²) < 4.78 is 28.7. The van der Waals surface area contributed by atoms with Crippen LogP contribution in [-0.2, 0) is 14.8 Å². The molecular formula is C12H20N4O4S. The van der Waals surface area contributed by atoms with Crippen LogP contribution in [0.15, 0.2) is 4.90 Å². The number of hydrogen-bond acceptors (Lipinski definition) is 5. The second-order valence-electron chi connectivity index (χ2n) is 5.06.